The third-order valence-electron chi connectivity index (χ3n) is 3.14. The average Bonchev–Trinajstić information content (AvgIpc) is 2.47. The third-order valence-corrected chi connectivity index (χ3v) is 4.68. The van der Waals surface area contributed by atoms with Crippen LogP contribution in [0.2, 0.25) is 0 Å². The molecule has 1 saturated heterocycles. The summed E-state index contributed by atoms with van der Waals surface area (Å²) in [6.45, 7) is 9.07. The second kappa shape index (κ2) is 4.42. The maximum atomic E-state index is 9.77. The highest BCUT2D eigenvalue weighted by molar-refractivity contribution is 8.00. The molecule has 0 aromatic heterocycles. The fraction of sp³-hybridized carbons (Fsp3) is 1.00. The van der Waals surface area contributed by atoms with Gasteiger partial charge in [0, 0.05) is 17.3 Å². The van der Waals surface area contributed by atoms with Gasteiger partial charge in [-0.2, -0.15) is 11.8 Å². The Labute approximate surface area is 91.9 Å². The van der Waals surface area contributed by atoms with Gasteiger partial charge in [0.15, 0.2) is 0 Å². The predicted octanol–water partition coefficient (Wildman–Crippen LogP) is 2.02. The van der Waals surface area contributed by atoms with Crippen LogP contribution in [0, 0.1) is 0 Å². The molecule has 1 heterocycles. The van der Waals surface area contributed by atoms with Gasteiger partial charge in [-0.15, -0.1) is 0 Å². The monoisotopic (exact) mass is 217 g/mol. The van der Waals surface area contributed by atoms with Gasteiger partial charge in [-0.1, -0.05) is 0 Å². The van der Waals surface area contributed by atoms with Gasteiger partial charge in [0.1, 0.15) is 0 Å². The van der Waals surface area contributed by atoms with Crippen molar-refractivity contribution in [3.8, 4) is 0 Å². The molecule has 2 atom stereocenters. The lowest BCUT2D eigenvalue weighted by atomic mass is 9.99. The first-order valence-electron chi connectivity index (χ1n) is 5.43. The number of hydrogen-bond acceptors (Lipinski definition) is 3. The van der Waals surface area contributed by atoms with Gasteiger partial charge in [0.05, 0.1) is 5.60 Å². The largest absolute Gasteiger partial charge is 0.389 e. The zero-order chi connectivity index (χ0) is 10.8. The number of rotatable bonds is 4. The second-order valence-corrected chi connectivity index (χ2v) is 6.84. The van der Waals surface area contributed by atoms with Gasteiger partial charge in [0.25, 0.3) is 0 Å². The Kier molecular flexibility index (Phi) is 3.89. The highest BCUT2D eigenvalue weighted by Crippen LogP contribution is 2.37. The van der Waals surface area contributed by atoms with E-state index in [-0.39, 0.29) is 6.04 Å². The van der Waals surface area contributed by atoms with Crippen LogP contribution in [-0.2, 0) is 0 Å². The molecule has 0 spiro atoms. The predicted molar refractivity (Wildman–Crippen MR) is 63.9 cm³/mol. The summed E-state index contributed by atoms with van der Waals surface area (Å²) in [5, 5.41) is 13.2. The van der Waals surface area contributed by atoms with E-state index in [9.17, 15) is 5.11 Å². The molecule has 14 heavy (non-hydrogen) atoms. The molecule has 0 aliphatic carbocycles. The molecule has 2 nitrogen and oxygen atoms in total. The lowest BCUT2D eigenvalue weighted by Gasteiger charge is -2.31. The van der Waals surface area contributed by atoms with Crippen LogP contribution < -0.4 is 5.32 Å². The smallest absolute Gasteiger partial charge is 0.0741 e. The van der Waals surface area contributed by atoms with Crippen LogP contribution in [0.1, 0.15) is 40.5 Å². The highest BCUT2D eigenvalue weighted by atomic mass is 32.2. The summed E-state index contributed by atoms with van der Waals surface area (Å²) >= 11 is 2.05. The minimum absolute atomic E-state index is 0.153. The first-order chi connectivity index (χ1) is 6.33. The van der Waals surface area contributed by atoms with Crippen molar-refractivity contribution in [1.29, 1.82) is 0 Å². The number of aliphatic hydroxyl groups is 1. The average molecular weight is 217 g/mol. The minimum Gasteiger partial charge on any atom is -0.389 e. The molecule has 0 aromatic rings. The Balaban J connectivity index is 2.33. The zero-order valence-electron chi connectivity index (χ0n) is 9.76. The van der Waals surface area contributed by atoms with Crippen molar-refractivity contribution in [3.05, 3.63) is 0 Å². The molecule has 3 heteroatoms. The van der Waals surface area contributed by atoms with Crippen LogP contribution in [0.3, 0.4) is 0 Å². The van der Waals surface area contributed by atoms with Crippen LogP contribution in [0.5, 0.6) is 0 Å². The molecule has 84 valence electrons. The van der Waals surface area contributed by atoms with Crippen molar-refractivity contribution in [1.82, 2.24) is 5.32 Å². The molecular weight excluding hydrogens is 194 g/mol. The summed E-state index contributed by atoms with van der Waals surface area (Å²) < 4.78 is 0.388. The molecule has 1 fully saturated rings. The van der Waals surface area contributed by atoms with E-state index in [1.165, 1.54) is 18.6 Å². The normalized spacial score (nSPS) is 30.6. The van der Waals surface area contributed by atoms with Gasteiger partial charge >= 0.3 is 0 Å². The van der Waals surface area contributed by atoms with E-state index in [0.717, 1.165) is 6.54 Å². The summed E-state index contributed by atoms with van der Waals surface area (Å²) in [5.41, 5.74) is -0.625. The first kappa shape index (κ1) is 12.3. The van der Waals surface area contributed by atoms with Crippen molar-refractivity contribution in [2.45, 2.75) is 56.9 Å². The Bertz CT molecular complexity index is 182. The molecule has 1 aliphatic rings. The van der Waals surface area contributed by atoms with Crippen LogP contribution in [0.4, 0.5) is 0 Å². The Morgan fingerprint density at radius 1 is 1.57 bits per heavy atom. The lowest BCUT2D eigenvalue weighted by molar-refractivity contribution is 0.0437. The van der Waals surface area contributed by atoms with Crippen LogP contribution in [0.25, 0.3) is 0 Å². The maximum Gasteiger partial charge on any atom is 0.0741 e. The minimum atomic E-state index is -0.625. The molecule has 1 aliphatic heterocycles. The SMILES string of the molecule is CC(NCC1(C)CCCS1)C(C)(C)O. The molecule has 1 rings (SSSR count). The summed E-state index contributed by atoms with van der Waals surface area (Å²) in [4.78, 5) is 0. The van der Waals surface area contributed by atoms with E-state index in [4.69, 9.17) is 0 Å². The van der Waals surface area contributed by atoms with E-state index in [0.29, 0.717) is 4.75 Å². The third kappa shape index (κ3) is 3.44. The number of nitrogens with one attached hydrogen (secondary N) is 1. The quantitative estimate of drug-likeness (QED) is 0.755. The van der Waals surface area contributed by atoms with Gasteiger partial charge < -0.3 is 10.4 Å². The molecule has 0 saturated carbocycles. The van der Waals surface area contributed by atoms with Crippen molar-refractivity contribution in [2.75, 3.05) is 12.3 Å². The van der Waals surface area contributed by atoms with Gasteiger partial charge in [-0.3, -0.25) is 0 Å². The molecule has 0 amide bonds. The summed E-state index contributed by atoms with van der Waals surface area (Å²) in [6, 6.07) is 0.153. The van der Waals surface area contributed by atoms with E-state index in [1.54, 1.807) is 0 Å². The molecule has 2 unspecified atom stereocenters. The fourth-order valence-electron chi connectivity index (χ4n) is 1.60. The summed E-state index contributed by atoms with van der Waals surface area (Å²) in [6.07, 6.45) is 2.63. The maximum absolute atomic E-state index is 9.77. The van der Waals surface area contributed by atoms with Gasteiger partial charge in [0.2, 0.25) is 0 Å². The van der Waals surface area contributed by atoms with Crippen molar-refractivity contribution < 1.29 is 5.11 Å². The van der Waals surface area contributed by atoms with Crippen molar-refractivity contribution >= 4 is 11.8 Å². The molecule has 2 N–H and O–H groups in total. The first-order valence-corrected chi connectivity index (χ1v) is 6.42. The topological polar surface area (TPSA) is 32.3 Å². The zero-order valence-corrected chi connectivity index (χ0v) is 10.6. The lowest BCUT2D eigenvalue weighted by Crippen LogP contribution is -2.48. The number of hydrogen-bond donors (Lipinski definition) is 2. The van der Waals surface area contributed by atoms with E-state index in [1.807, 2.05) is 20.8 Å². The summed E-state index contributed by atoms with van der Waals surface area (Å²) in [7, 11) is 0. The van der Waals surface area contributed by atoms with Crippen LogP contribution in [-0.4, -0.2) is 33.8 Å². The Morgan fingerprint density at radius 2 is 2.21 bits per heavy atom. The highest BCUT2D eigenvalue weighted by Gasteiger charge is 2.31. The Hall–Kier alpha value is 0.270. The molecule has 0 bridgehead atoms. The molecule has 0 radical (unpaired) electrons. The molecular formula is C11H23NOS. The number of thioether (sulfide) groups is 1. The van der Waals surface area contributed by atoms with E-state index in [2.05, 4.69) is 24.0 Å². The van der Waals surface area contributed by atoms with Crippen molar-refractivity contribution in [2.24, 2.45) is 0 Å². The van der Waals surface area contributed by atoms with Gasteiger partial charge in [-0.05, 0) is 46.3 Å². The second-order valence-electron chi connectivity index (χ2n) is 5.16. The molecule has 0 aromatic carbocycles. The Morgan fingerprint density at radius 3 is 2.64 bits per heavy atom. The van der Waals surface area contributed by atoms with Crippen molar-refractivity contribution in [3.63, 3.8) is 0 Å². The van der Waals surface area contributed by atoms with E-state index >= 15 is 0 Å². The summed E-state index contributed by atoms with van der Waals surface area (Å²) in [5.74, 6) is 1.29. The van der Waals surface area contributed by atoms with Gasteiger partial charge in [-0.25, -0.2) is 0 Å². The standard InChI is InChI=1S/C11H23NOS/c1-9(10(2,3)13)12-8-11(4)6-5-7-14-11/h9,12-13H,5-8H2,1-4H3. The van der Waals surface area contributed by atoms with E-state index < -0.39 is 5.60 Å². The van der Waals surface area contributed by atoms with Crippen LogP contribution >= 0.6 is 11.8 Å². The van der Waals surface area contributed by atoms with Crippen LogP contribution in [0.15, 0.2) is 0 Å². The fourth-order valence-corrected chi connectivity index (χ4v) is 2.85.